The van der Waals surface area contributed by atoms with Crippen LogP contribution in [0.3, 0.4) is 0 Å². The zero-order valence-electron chi connectivity index (χ0n) is 9.43. The lowest BCUT2D eigenvalue weighted by Gasteiger charge is -2.37. The van der Waals surface area contributed by atoms with E-state index < -0.39 is 16.0 Å². The molecule has 98 valence electrons. The van der Waals surface area contributed by atoms with Crippen LogP contribution in [0.15, 0.2) is 18.9 Å². The van der Waals surface area contributed by atoms with Gasteiger partial charge in [0.1, 0.15) is 0 Å². The number of carbonyl (C=O) groups is 1. The monoisotopic (exact) mass is 272 g/mol. The first-order valence-electron chi connectivity index (χ1n) is 5.18. The van der Waals surface area contributed by atoms with Gasteiger partial charge in [-0.05, 0) is 0 Å². The average Bonchev–Trinajstić information content (AvgIpc) is 2.63. The van der Waals surface area contributed by atoms with Gasteiger partial charge in [0.25, 0.3) is 0 Å². The van der Waals surface area contributed by atoms with E-state index in [0.717, 1.165) is 0 Å². The number of hydrogen-bond donors (Lipinski definition) is 1. The fourth-order valence-corrected chi connectivity index (χ4v) is 2.93. The van der Waals surface area contributed by atoms with Gasteiger partial charge in [0, 0.05) is 13.1 Å². The number of rotatable bonds is 5. The van der Waals surface area contributed by atoms with Crippen LogP contribution in [0.25, 0.3) is 0 Å². The smallest absolute Gasteiger partial charge is 0.358 e. The summed E-state index contributed by atoms with van der Waals surface area (Å²) in [5.41, 5.74) is -0.151. The van der Waals surface area contributed by atoms with Gasteiger partial charge in [0.05, 0.1) is 18.0 Å². The summed E-state index contributed by atoms with van der Waals surface area (Å²) in [5.74, 6) is -1.26. The minimum Gasteiger partial charge on any atom is -0.476 e. The number of carboxylic acid groups (broad SMARTS) is 1. The largest absolute Gasteiger partial charge is 0.476 e. The van der Waals surface area contributed by atoms with Gasteiger partial charge < -0.3 is 5.11 Å². The fourth-order valence-electron chi connectivity index (χ4n) is 1.62. The molecule has 1 aromatic heterocycles. The maximum Gasteiger partial charge on any atom is 0.358 e. The molecule has 8 nitrogen and oxygen atoms in total. The molecule has 0 spiro atoms. The summed E-state index contributed by atoms with van der Waals surface area (Å²) in [6.45, 7) is 3.94. The predicted octanol–water partition coefficient (Wildman–Crippen LogP) is -0.651. The van der Waals surface area contributed by atoms with Crippen LogP contribution in [0, 0.1) is 0 Å². The molecule has 0 unspecified atom stereocenters. The molecule has 0 aliphatic carbocycles. The standard InChI is InChI=1S/C9H12N4O4S/c1-2-3-18(16,17)12-4-7(5-12)13-6-8(9(14)15)10-11-13/h2,6-7H,1,3-5H2,(H,14,15). The highest BCUT2D eigenvalue weighted by atomic mass is 32.2. The van der Waals surface area contributed by atoms with E-state index in [2.05, 4.69) is 16.9 Å². The van der Waals surface area contributed by atoms with Crippen molar-refractivity contribution in [2.75, 3.05) is 18.8 Å². The second-order valence-corrected chi connectivity index (χ2v) is 5.94. The van der Waals surface area contributed by atoms with Crippen LogP contribution in [0.4, 0.5) is 0 Å². The van der Waals surface area contributed by atoms with Gasteiger partial charge in [-0.1, -0.05) is 11.3 Å². The third-order valence-corrected chi connectivity index (χ3v) is 4.40. The van der Waals surface area contributed by atoms with Crippen molar-refractivity contribution in [1.29, 1.82) is 0 Å². The quantitative estimate of drug-likeness (QED) is 0.714. The summed E-state index contributed by atoms with van der Waals surface area (Å²) < 4.78 is 25.9. The van der Waals surface area contributed by atoms with Gasteiger partial charge >= 0.3 is 5.97 Å². The number of aromatic carboxylic acids is 1. The fraction of sp³-hybridized carbons (Fsp3) is 0.444. The first kappa shape index (κ1) is 12.7. The van der Waals surface area contributed by atoms with Crippen molar-refractivity contribution in [3.05, 3.63) is 24.5 Å². The Morgan fingerprint density at radius 3 is 2.78 bits per heavy atom. The van der Waals surface area contributed by atoms with Gasteiger partial charge in [-0.3, -0.25) is 0 Å². The molecule has 0 bridgehead atoms. The lowest BCUT2D eigenvalue weighted by atomic mass is 10.2. The minimum atomic E-state index is -3.29. The average molecular weight is 272 g/mol. The molecule has 0 amide bonds. The maximum atomic E-state index is 11.6. The maximum absolute atomic E-state index is 11.6. The first-order valence-corrected chi connectivity index (χ1v) is 6.79. The topological polar surface area (TPSA) is 105 Å². The van der Waals surface area contributed by atoms with E-state index in [1.807, 2.05) is 0 Å². The third-order valence-electron chi connectivity index (χ3n) is 2.65. The highest BCUT2D eigenvalue weighted by Crippen LogP contribution is 2.23. The van der Waals surface area contributed by atoms with E-state index in [1.54, 1.807) is 0 Å². The summed E-state index contributed by atoms with van der Waals surface area (Å²) in [4.78, 5) is 10.6. The molecule has 1 fully saturated rings. The SMILES string of the molecule is C=CCS(=O)(=O)N1CC(n2cc(C(=O)O)nn2)C1. The second kappa shape index (κ2) is 4.50. The molecule has 1 saturated heterocycles. The Morgan fingerprint density at radius 2 is 2.28 bits per heavy atom. The molecule has 0 aromatic carbocycles. The molecular formula is C9H12N4O4S. The molecular weight excluding hydrogens is 260 g/mol. The Bertz CT molecular complexity index is 573. The van der Waals surface area contributed by atoms with Crippen LogP contribution >= 0.6 is 0 Å². The lowest BCUT2D eigenvalue weighted by Crippen LogP contribution is -2.51. The Balaban J connectivity index is 2.00. The molecule has 1 aromatic rings. The summed E-state index contributed by atoms with van der Waals surface area (Å²) in [7, 11) is -3.29. The molecule has 0 radical (unpaired) electrons. The van der Waals surface area contributed by atoms with E-state index in [9.17, 15) is 13.2 Å². The van der Waals surface area contributed by atoms with Crippen LogP contribution in [-0.2, 0) is 10.0 Å². The summed E-state index contributed by atoms with van der Waals surface area (Å²) >= 11 is 0. The zero-order chi connectivity index (χ0) is 13.3. The van der Waals surface area contributed by atoms with Gasteiger partial charge in [-0.25, -0.2) is 17.9 Å². The van der Waals surface area contributed by atoms with Gasteiger partial charge in [-0.15, -0.1) is 11.7 Å². The lowest BCUT2D eigenvalue weighted by molar-refractivity contribution is 0.0690. The normalized spacial score (nSPS) is 17.3. The van der Waals surface area contributed by atoms with Crippen LogP contribution in [0.5, 0.6) is 0 Å². The first-order chi connectivity index (χ1) is 8.44. The van der Waals surface area contributed by atoms with Crippen molar-refractivity contribution in [3.63, 3.8) is 0 Å². The van der Waals surface area contributed by atoms with Crippen LogP contribution in [-0.4, -0.2) is 57.6 Å². The Morgan fingerprint density at radius 1 is 1.61 bits per heavy atom. The van der Waals surface area contributed by atoms with E-state index in [0.29, 0.717) is 0 Å². The number of nitrogens with zero attached hydrogens (tertiary/aromatic N) is 4. The van der Waals surface area contributed by atoms with Gasteiger partial charge in [0.15, 0.2) is 5.69 Å². The second-order valence-electron chi connectivity index (χ2n) is 3.93. The van der Waals surface area contributed by atoms with E-state index in [1.165, 1.54) is 21.3 Å². The third kappa shape index (κ3) is 2.27. The summed E-state index contributed by atoms with van der Waals surface area (Å²) in [6, 6.07) is -0.162. The predicted molar refractivity (Wildman–Crippen MR) is 61.6 cm³/mol. The van der Waals surface area contributed by atoms with Crippen LogP contribution < -0.4 is 0 Å². The molecule has 1 aliphatic rings. The molecule has 18 heavy (non-hydrogen) atoms. The Kier molecular flexibility index (Phi) is 3.18. The van der Waals surface area contributed by atoms with E-state index >= 15 is 0 Å². The van der Waals surface area contributed by atoms with Crippen molar-refractivity contribution in [1.82, 2.24) is 19.3 Å². The van der Waals surface area contributed by atoms with Crippen molar-refractivity contribution >= 4 is 16.0 Å². The van der Waals surface area contributed by atoms with Gasteiger partial charge in [0.2, 0.25) is 10.0 Å². The van der Waals surface area contributed by atoms with E-state index in [-0.39, 0.29) is 30.6 Å². The highest BCUT2D eigenvalue weighted by Gasteiger charge is 2.36. The number of sulfonamides is 1. The van der Waals surface area contributed by atoms with E-state index in [4.69, 9.17) is 5.11 Å². The molecule has 0 atom stereocenters. The van der Waals surface area contributed by atoms with Crippen molar-refractivity contribution in [2.45, 2.75) is 6.04 Å². The molecule has 0 saturated carbocycles. The molecule has 9 heteroatoms. The van der Waals surface area contributed by atoms with Crippen molar-refractivity contribution in [2.24, 2.45) is 0 Å². The highest BCUT2D eigenvalue weighted by molar-refractivity contribution is 7.89. The van der Waals surface area contributed by atoms with Crippen molar-refractivity contribution < 1.29 is 18.3 Å². The molecule has 2 heterocycles. The summed E-state index contributed by atoms with van der Waals surface area (Å²) in [5, 5.41) is 15.8. The molecule has 1 aliphatic heterocycles. The Hall–Kier alpha value is -1.74. The van der Waals surface area contributed by atoms with Crippen molar-refractivity contribution in [3.8, 4) is 0 Å². The minimum absolute atomic E-state index is 0.0997. The number of carboxylic acids is 1. The number of hydrogen-bond acceptors (Lipinski definition) is 5. The van der Waals surface area contributed by atoms with Crippen LogP contribution in [0.1, 0.15) is 16.5 Å². The van der Waals surface area contributed by atoms with Gasteiger partial charge in [-0.2, -0.15) is 4.31 Å². The molecule has 1 N–H and O–H groups in total. The number of aromatic nitrogens is 3. The Labute approximate surface area is 104 Å². The summed E-state index contributed by atoms with van der Waals surface area (Å²) in [6.07, 6.45) is 2.63. The molecule has 2 rings (SSSR count). The van der Waals surface area contributed by atoms with Crippen LogP contribution in [0.2, 0.25) is 0 Å². The zero-order valence-corrected chi connectivity index (χ0v) is 10.2.